The summed E-state index contributed by atoms with van der Waals surface area (Å²) < 4.78 is 4.57. The molecule has 2 unspecified atom stereocenters. The minimum Gasteiger partial charge on any atom is -0.469 e. The number of rotatable bonds is 12. The van der Waals surface area contributed by atoms with Crippen molar-refractivity contribution in [2.75, 3.05) is 7.11 Å². The summed E-state index contributed by atoms with van der Waals surface area (Å²) in [5.74, 6) is 5.47. The molecule has 0 aromatic carbocycles. The van der Waals surface area contributed by atoms with E-state index in [-0.39, 0.29) is 0 Å². The highest BCUT2D eigenvalue weighted by molar-refractivity contribution is 7.10. The third kappa shape index (κ3) is 8.96. The van der Waals surface area contributed by atoms with Crippen molar-refractivity contribution in [1.82, 2.24) is 0 Å². The third-order valence-electron chi connectivity index (χ3n) is 4.22. The second-order valence-corrected chi connectivity index (χ2v) is 7.32. The first-order valence-corrected chi connectivity index (χ1v) is 10.4. The van der Waals surface area contributed by atoms with E-state index in [2.05, 4.69) is 33.5 Å². The van der Waals surface area contributed by atoms with Gasteiger partial charge in [0.1, 0.15) is 6.10 Å². The minimum atomic E-state index is -1.29. The lowest BCUT2D eigenvalue weighted by Gasteiger charge is -2.14. The highest BCUT2D eigenvalue weighted by atomic mass is 32.1. The fraction of sp³-hybridized carbons (Fsp3) is 0.650. The predicted molar refractivity (Wildman–Crippen MR) is 108 cm³/mol. The van der Waals surface area contributed by atoms with Crippen LogP contribution in [-0.2, 0) is 9.53 Å². The van der Waals surface area contributed by atoms with Gasteiger partial charge in [0.2, 0.25) is 0 Å². The van der Waals surface area contributed by atoms with Crippen LogP contribution in [0.1, 0.15) is 81.3 Å². The fourth-order valence-electron chi connectivity index (χ4n) is 2.66. The summed E-state index contributed by atoms with van der Waals surface area (Å²) in [6.45, 7) is 2.23. The molecule has 0 radical (unpaired) electrons. The van der Waals surface area contributed by atoms with Gasteiger partial charge in [-0.25, -0.2) is 0 Å². The molecule has 0 aliphatic rings. The van der Waals surface area contributed by atoms with E-state index in [0.717, 1.165) is 18.4 Å². The Morgan fingerprint density at radius 2 is 1.96 bits per heavy atom. The van der Waals surface area contributed by atoms with Gasteiger partial charge in [-0.3, -0.25) is 4.79 Å². The van der Waals surface area contributed by atoms with Crippen LogP contribution in [0.3, 0.4) is 0 Å². The molecule has 1 N–H and O–H groups in total. The number of aliphatic hydroxyl groups excluding tert-OH is 1. The van der Waals surface area contributed by atoms with E-state index >= 15 is 0 Å². The molecule has 1 aromatic heterocycles. The standard InChI is InChI=1S/C20H29N3O3S/c1-3-4-5-6-7-8-9-10-11-12-13-16-14-17(27-15-16)19(24)18(22-23-21)20(25)26-2/h14-15,18-19,24H,3-11H2,1-2H3. The van der Waals surface area contributed by atoms with Gasteiger partial charge in [-0.15, -0.1) is 11.3 Å². The first kappa shape index (κ1) is 23.0. The van der Waals surface area contributed by atoms with Crippen LogP contribution in [-0.4, -0.2) is 24.2 Å². The number of thiophene rings is 1. The van der Waals surface area contributed by atoms with Crippen LogP contribution in [0.15, 0.2) is 16.6 Å². The van der Waals surface area contributed by atoms with Crippen LogP contribution >= 0.6 is 11.3 Å². The molecule has 0 bridgehead atoms. The third-order valence-corrected chi connectivity index (χ3v) is 5.22. The molecular weight excluding hydrogens is 362 g/mol. The summed E-state index contributed by atoms with van der Waals surface area (Å²) in [6, 6.07) is 0.426. The Balaban J connectivity index is 2.41. The largest absolute Gasteiger partial charge is 0.469 e. The summed E-state index contributed by atoms with van der Waals surface area (Å²) in [6.07, 6.45) is 9.82. The molecule has 0 aliphatic carbocycles. The lowest BCUT2D eigenvalue weighted by Crippen LogP contribution is -2.26. The Morgan fingerprint density at radius 1 is 1.30 bits per heavy atom. The van der Waals surface area contributed by atoms with Gasteiger partial charge >= 0.3 is 5.97 Å². The van der Waals surface area contributed by atoms with Gasteiger partial charge in [-0.1, -0.05) is 68.8 Å². The van der Waals surface area contributed by atoms with Gasteiger partial charge in [0.15, 0.2) is 6.04 Å². The molecule has 0 fully saturated rings. The zero-order valence-electron chi connectivity index (χ0n) is 16.2. The molecule has 0 saturated carbocycles. The van der Waals surface area contributed by atoms with Gasteiger partial charge in [0.25, 0.3) is 0 Å². The molecule has 0 aliphatic heterocycles. The van der Waals surface area contributed by atoms with Crippen molar-refractivity contribution < 1.29 is 14.6 Å². The summed E-state index contributed by atoms with van der Waals surface area (Å²) in [5, 5.41) is 15.4. The molecule has 148 valence electrons. The van der Waals surface area contributed by atoms with Crippen molar-refractivity contribution in [3.63, 3.8) is 0 Å². The van der Waals surface area contributed by atoms with E-state index in [9.17, 15) is 9.90 Å². The van der Waals surface area contributed by atoms with Gasteiger partial charge in [-0.2, -0.15) is 0 Å². The van der Waals surface area contributed by atoms with Crippen molar-refractivity contribution in [2.24, 2.45) is 5.11 Å². The molecular formula is C20H29N3O3S. The zero-order chi connectivity index (χ0) is 19.9. The van der Waals surface area contributed by atoms with Gasteiger partial charge in [-0.05, 0) is 18.0 Å². The number of carbonyl (C=O) groups excluding carboxylic acids is 1. The zero-order valence-corrected chi connectivity index (χ0v) is 17.0. The van der Waals surface area contributed by atoms with Crippen LogP contribution < -0.4 is 0 Å². The lowest BCUT2D eigenvalue weighted by molar-refractivity contribution is -0.144. The summed E-state index contributed by atoms with van der Waals surface area (Å²) in [7, 11) is 1.19. The van der Waals surface area contributed by atoms with E-state index in [4.69, 9.17) is 5.53 Å². The van der Waals surface area contributed by atoms with Crippen LogP contribution in [0.2, 0.25) is 0 Å². The molecule has 1 heterocycles. The predicted octanol–water partition coefficient (Wildman–Crippen LogP) is 5.52. The van der Waals surface area contributed by atoms with Crippen molar-refractivity contribution in [3.8, 4) is 11.8 Å². The van der Waals surface area contributed by atoms with Crippen molar-refractivity contribution in [2.45, 2.75) is 76.9 Å². The minimum absolute atomic E-state index is 0.522. The van der Waals surface area contributed by atoms with E-state index in [0.29, 0.717) is 4.88 Å². The SMILES string of the molecule is CCCCCCCCCCC#Cc1csc(C(O)C(N=[N+]=[N-])C(=O)OC)c1. The monoisotopic (exact) mass is 391 g/mol. The number of nitrogens with zero attached hydrogens (tertiary/aromatic N) is 3. The number of aliphatic hydroxyl groups is 1. The van der Waals surface area contributed by atoms with Crippen LogP contribution in [0.4, 0.5) is 0 Å². The smallest absolute Gasteiger partial charge is 0.317 e. The lowest BCUT2D eigenvalue weighted by atomic mass is 10.1. The Bertz CT molecular complexity index is 672. The number of hydrogen-bond donors (Lipinski definition) is 1. The van der Waals surface area contributed by atoms with Gasteiger partial charge in [0, 0.05) is 27.2 Å². The average Bonchev–Trinajstić information content (AvgIpc) is 3.15. The summed E-state index contributed by atoms with van der Waals surface area (Å²) >= 11 is 1.28. The molecule has 6 nitrogen and oxygen atoms in total. The Labute approximate surface area is 165 Å². The van der Waals surface area contributed by atoms with Crippen LogP contribution in [0.5, 0.6) is 0 Å². The maximum absolute atomic E-state index is 11.6. The molecule has 1 rings (SSSR count). The molecule has 0 amide bonds. The number of esters is 1. The number of ether oxygens (including phenoxy) is 1. The Hall–Kier alpha value is -2.00. The van der Waals surface area contributed by atoms with E-state index in [1.807, 2.05) is 5.38 Å². The fourth-order valence-corrected chi connectivity index (χ4v) is 3.51. The summed E-state index contributed by atoms with van der Waals surface area (Å²) in [4.78, 5) is 14.8. The van der Waals surface area contributed by atoms with Crippen molar-refractivity contribution >= 4 is 17.3 Å². The second kappa shape index (κ2) is 14.1. The number of carbonyl (C=O) groups is 1. The van der Waals surface area contributed by atoms with E-state index in [1.54, 1.807) is 6.07 Å². The molecule has 27 heavy (non-hydrogen) atoms. The Kier molecular flexibility index (Phi) is 12.0. The highest BCUT2D eigenvalue weighted by Crippen LogP contribution is 2.26. The average molecular weight is 392 g/mol. The van der Waals surface area contributed by atoms with Crippen molar-refractivity contribution in [1.29, 1.82) is 0 Å². The van der Waals surface area contributed by atoms with Crippen molar-refractivity contribution in [3.05, 3.63) is 32.3 Å². The molecule has 1 aromatic rings. The molecule has 0 spiro atoms. The molecule has 0 saturated heterocycles. The number of azide groups is 1. The van der Waals surface area contributed by atoms with E-state index in [1.165, 1.54) is 63.4 Å². The van der Waals surface area contributed by atoms with Crippen LogP contribution in [0, 0.1) is 11.8 Å². The number of unbranched alkanes of at least 4 members (excludes halogenated alkanes) is 8. The maximum Gasteiger partial charge on any atom is 0.317 e. The molecule has 2 atom stereocenters. The van der Waals surface area contributed by atoms with E-state index < -0.39 is 18.1 Å². The number of hydrogen-bond acceptors (Lipinski definition) is 5. The number of methoxy groups -OCH3 is 1. The Morgan fingerprint density at radius 3 is 2.59 bits per heavy atom. The highest BCUT2D eigenvalue weighted by Gasteiger charge is 2.29. The second-order valence-electron chi connectivity index (χ2n) is 6.38. The van der Waals surface area contributed by atoms with Crippen LogP contribution in [0.25, 0.3) is 10.4 Å². The summed E-state index contributed by atoms with van der Waals surface area (Å²) in [5.41, 5.74) is 9.35. The normalized spacial score (nSPS) is 12.4. The quantitative estimate of drug-likeness (QED) is 0.127. The topological polar surface area (TPSA) is 95.3 Å². The first-order valence-electron chi connectivity index (χ1n) is 9.51. The van der Waals surface area contributed by atoms with Gasteiger partial charge in [0.05, 0.1) is 7.11 Å². The van der Waals surface area contributed by atoms with Gasteiger partial charge < -0.3 is 9.84 Å². The first-order chi connectivity index (χ1) is 13.1. The maximum atomic E-state index is 11.6. The molecule has 7 heteroatoms.